The molecule has 30 heavy (non-hydrogen) atoms. The lowest BCUT2D eigenvalue weighted by Gasteiger charge is -2.27. The molecule has 0 unspecified atom stereocenters. The zero-order valence-electron chi connectivity index (χ0n) is 17.9. The first-order valence-electron chi connectivity index (χ1n) is 10.4. The standard InChI is InChI=1S/C21H31N3O6/c1-21(2,3)30-19(25)22-23(15-7-10-16-8-5-4-6-9-16)20(26)29-18-13-11-17(12-14-18)24(27)28/h11-14,16H,4-10,15H2,1-3H3,(H,22,25). The Balaban J connectivity index is 1.97. The molecule has 1 aromatic carbocycles. The van der Waals surface area contributed by atoms with Crippen LogP contribution in [0.2, 0.25) is 0 Å². The van der Waals surface area contributed by atoms with Crippen LogP contribution in [-0.2, 0) is 4.74 Å². The Kier molecular flexibility index (Phi) is 8.44. The lowest BCUT2D eigenvalue weighted by Crippen LogP contribution is -2.49. The van der Waals surface area contributed by atoms with Crippen LogP contribution in [0.3, 0.4) is 0 Å². The minimum atomic E-state index is -0.779. The number of hydrazine groups is 1. The minimum Gasteiger partial charge on any atom is -0.443 e. The lowest BCUT2D eigenvalue weighted by atomic mass is 9.86. The fraction of sp³-hybridized carbons (Fsp3) is 0.619. The highest BCUT2D eigenvalue weighted by Crippen LogP contribution is 2.27. The summed E-state index contributed by atoms with van der Waals surface area (Å²) in [5, 5.41) is 11.9. The van der Waals surface area contributed by atoms with Gasteiger partial charge in [-0.05, 0) is 51.7 Å². The topological polar surface area (TPSA) is 111 Å². The van der Waals surface area contributed by atoms with E-state index in [-0.39, 0.29) is 18.0 Å². The largest absolute Gasteiger partial charge is 0.443 e. The summed E-state index contributed by atoms with van der Waals surface area (Å²) in [5.74, 6) is 0.793. The van der Waals surface area contributed by atoms with Crippen LogP contribution in [0.15, 0.2) is 24.3 Å². The summed E-state index contributed by atoms with van der Waals surface area (Å²) in [6, 6.07) is 5.17. The Morgan fingerprint density at radius 3 is 2.37 bits per heavy atom. The third kappa shape index (κ3) is 8.26. The van der Waals surface area contributed by atoms with E-state index in [9.17, 15) is 19.7 Å². The maximum atomic E-state index is 12.6. The maximum absolute atomic E-state index is 12.6. The van der Waals surface area contributed by atoms with Crippen LogP contribution in [0.4, 0.5) is 15.3 Å². The number of rotatable bonds is 6. The molecule has 0 spiro atoms. The fourth-order valence-corrected chi connectivity index (χ4v) is 3.41. The summed E-state index contributed by atoms with van der Waals surface area (Å²) in [6.07, 6.45) is 6.33. The number of hydrogen-bond donors (Lipinski definition) is 1. The molecule has 0 atom stereocenters. The van der Waals surface area contributed by atoms with Gasteiger partial charge in [-0.3, -0.25) is 10.1 Å². The van der Waals surface area contributed by atoms with E-state index >= 15 is 0 Å². The van der Waals surface area contributed by atoms with E-state index in [1.807, 2.05) is 0 Å². The molecule has 0 radical (unpaired) electrons. The molecule has 9 heteroatoms. The highest BCUT2D eigenvalue weighted by Gasteiger charge is 2.23. The van der Waals surface area contributed by atoms with Crippen molar-refractivity contribution < 1.29 is 24.0 Å². The Morgan fingerprint density at radius 1 is 1.17 bits per heavy atom. The second-order valence-electron chi connectivity index (χ2n) is 8.53. The number of nitro benzene ring substituents is 1. The molecular weight excluding hydrogens is 390 g/mol. The van der Waals surface area contributed by atoms with Crippen LogP contribution in [0.25, 0.3) is 0 Å². The third-order valence-corrected chi connectivity index (χ3v) is 4.82. The summed E-state index contributed by atoms with van der Waals surface area (Å²) in [6.45, 7) is 5.47. The van der Waals surface area contributed by atoms with Crippen LogP contribution in [0.5, 0.6) is 5.75 Å². The van der Waals surface area contributed by atoms with Crippen LogP contribution >= 0.6 is 0 Å². The van der Waals surface area contributed by atoms with Gasteiger partial charge in [0, 0.05) is 18.7 Å². The molecule has 1 aromatic rings. The predicted octanol–water partition coefficient (Wildman–Crippen LogP) is 5.20. The Labute approximate surface area is 176 Å². The van der Waals surface area contributed by atoms with E-state index in [1.54, 1.807) is 20.8 Å². The molecule has 0 heterocycles. The Bertz CT molecular complexity index is 723. The van der Waals surface area contributed by atoms with E-state index in [1.165, 1.54) is 56.4 Å². The first-order chi connectivity index (χ1) is 14.1. The van der Waals surface area contributed by atoms with Crippen molar-refractivity contribution in [3.8, 4) is 5.75 Å². The van der Waals surface area contributed by atoms with Gasteiger partial charge in [-0.2, -0.15) is 0 Å². The smallest absolute Gasteiger partial charge is 0.434 e. The number of non-ortho nitro benzene ring substituents is 1. The van der Waals surface area contributed by atoms with Gasteiger partial charge in [0.05, 0.1) is 4.92 Å². The first-order valence-corrected chi connectivity index (χ1v) is 10.4. The van der Waals surface area contributed by atoms with Crippen molar-refractivity contribution in [1.29, 1.82) is 0 Å². The summed E-state index contributed by atoms with van der Waals surface area (Å²) < 4.78 is 10.5. The average Bonchev–Trinajstić information content (AvgIpc) is 2.67. The number of benzene rings is 1. The van der Waals surface area contributed by atoms with Gasteiger partial charge in [0.2, 0.25) is 0 Å². The Hall–Kier alpha value is -2.84. The quantitative estimate of drug-likeness (QED) is 0.499. The molecule has 1 aliphatic carbocycles. The van der Waals surface area contributed by atoms with Crippen molar-refractivity contribution in [3.63, 3.8) is 0 Å². The average molecular weight is 421 g/mol. The highest BCUT2D eigenvalue weighted by molar-refractivity contribution is 5.75. The highest BCUT2D eigenvalue weighted by atomic mass is 16.6. The molecule has 2 rings (SSSR count). The summed E-state index contributed by atoms with van der Waals surface area (Å²) in [4.78, 5) is 35.0. The van der Waals surface area contributed by atoms with Crippen molar-refractivity contribution in [2.24, 2.45) is 5.92 Å². The van der Waals surface area contributed by atoms with Gasteiger partial charge in [0.1, 0.15) is 11.4 Å². The van der Waals surface area contributed by atoms with Gasteiger partial charge in [-0.15, -0.1) is 0 Å². The second kappa shape index (κ2) is 10.8. The van der Waals surface area contributed by atoms with Crippen molar-refractivity contribution in [3.05, 3.63) is 34.4 Å². The monoisotopic (exact) mass is 421 g/mol. The van der Waals surface area contributed by atoms with Gasteiger partial charge in [-0.25, -0.2) is 20.0 Å². The van der Waals surface area contributed by atoms with Crippen LogP contribution < -0.4 is 10.2 Å². The van der Waals surface area contributed by atoms with Gasteiger partial charge < -0.3 is 9.47 Å². The van der Waals surface area contributed by atoms with E-state index < -0.39 is 22.7 Å². The zero-order chi connectivity index (χ0) is 22.1. The lowest BCUT2D eigenvalue weighted by molar-refractivity contribution is -0.384. The number of nitro groups is 1. The van der Waals surface area contributed by atoms with E-state index in [0.29, 0.717) is 5.92 Å². The maximum Gasteiger partial charge on any atom is 0.434 e. The van der Waals surface area contributed by atoms with E-state index in [2.05, 4.69) is 5.43 Å². The SMILES string of the molecule is CC(C)(C)OC(=O)NN(CCCC1CCCCC1)C(=O)Oc1ccc([N+](=O)[O-])cc1. The van der Waals surface area contributed by atoms with Crippen molar-refractivity contribution in [1.82, 2.24) is 10.4 Å². The molecule has 0 saturated heterocycles. The van der Waals surface area contributed by atoms with Crippen molar-refractivity contribution in [2.75, 3.05) is 6.54 Å². The number of carbonyl (C=O) groups is 2. The molecule has 1 fully saturated rings. The van der Waals surface area contributed by atoms with Crippen LogP contribution in [0.1, 0.15) is 65.7 Å². The molecule has 2 amide bonds. The van der Waals surface area contributed by atoms with Gasteiger partial charge >= 0.3 is 12.2 Å². The van der Waals surface area contributed by atoms with Gasteiger partial charge in [0.15, 0.2) is 0 Å². The molecule has 9 nitrogen and oxygen atoms in total. The first kappa shape index (κ1) is 23.4. The molecule has 0 bridgehead atoms. The number of nitrogens with zero attached hydrogens (tertiary/aromatic N) is 2. The number of nitrogens with one attached hydrogen (secondary N) is 1. The molecule has 1 N–H and O–H groups in total. The summed E-state index contributed by atoms with van der Waals surface area (Å²) in [5.41, 5.74) is 1.64. The number of hydrogen-bond acceptors (Lipinski definition) is 6. The molecule has 0 aromatic heterocycles. The molecule has 1 aliphatic rings. The van der Waals surface area contributed by atoms with E-state index in [4.69, 9.17) is 9.47 Å². The van der Waals surface area contributed by atoms with Crippen molar-refractivity contribution in [2.45, 2.75) is 71.3 Å². The number of ether oxygens (including phenoxy) is 2. The summed E-state index contributed by atoms with van der Waals surface area (Å²) >= 11 is 0. The van der Waals surface area contributed by atoms with E-state index in [0.717, 1.165) is 17.9 Å². The third-order valence-electron chi connectivity index (χ3n) is 4.82. The predicted molar refractivity (Wildman–Crippen MR) is 111 cm³/mol. The van der Waals surface area contributed by atoms with Crippen LogP contribution in [0, 0.1) is 16.0 Å². The minimum absolute atomic E-state index is 0.106. The van der Waals surface area contributed by atoms with Crippen molar-refractivity contribution >= 4 is 17.9 Å². The molecular formula is C21H31N3O6. The number of carbonyl (C=O) groups excluding carboxylic acids is 2. The van der Waals surface area contributed by atoms with Crippen LogP contribution in [-0.4, -0.2) is 34.3 Å². The fourth-order valence-electron chi connectivity index (χ4n) is 3.41. The summed E-state index contributed by atoms with van der Waals surface area (Å²) in [7, 11) is 0. The normalized spacial score (nSPS) is 14.6. The number of amides is 2. The molecule has 0 aliphatic heterocycles. The van der Waals surface area contributed by atoms with Gasteiger partial charge in [0.25, 0.3) is 5.69 Å². The zero-order valence-corrected chi connectivity index (χ0v) is 17.9. The molecule has 166 valence electrons. The molecule has 1 saturated carbocycles. The van der Waals surface area contributed by atoms with Gasteiger partial charge in [-0.1, -0.05) is 32.1 Å². The Morgan fingerprint density at radius 2 is 1.80 bits per heavy atom. The second-order valence-corrected chi connectivity index (χ2v) is 8.53.